The van der Waals surface area contributed by atoms with Gasteiger partial charge < -0.3 is 10.3 Å². The molecule has 0 saturated carbocycles. The Morgan fingerprint density at radius 2 is 2.00 bits per heavy atom. The van der Waals surface area contributed by atoms with Crippen LogP contribution < -0.4 is 5.73 Å². The lowest BCUT2D eigenvalue weighted by Gasteiger charge is -2.06. The third-order valence-electron chi connectivity index (χ3n) is 2.42. The Bertz CT molecular complexity index is 448. The maximum absolute atomic E-state index is 5.85. The Labute approximate surface area is 99.9 Å². The van der Waals surface area contributed by atoms with Gasteiger partial charge in [0.15, 0.2) is 0 Å². The van der Waals surface area contributed by atoms with Crippen LogP contribution in [-0.4, -0.2) is 16.1 Å². The highest BCUT2D eigenvalue weighted by molar-refractivity contribution is 6.30. The lowest BCUT2D eigenvalue weighted by Crippen LogP contribution is -2.06. The second kappa shape index (κ2) is 5.14. The molecule has 0 atom stereocenters. The van der Waals surface area contributed by atoms with Crippen molar-refractivity contribution < 1.29 is 0 Å². The molecule has 0 saturated heterocycles. The van der Waals surface area contributed by atoms with Crippen LogP contribution in [0.4, 0.5) is 0 Å². The van der Waals surface area contributed by atoms with E-state index in [0.717, 1.165) is 29.4 Å². The maximum atomic E-state index is 5.85. The molecule has 0 spiro atoms. The summed E-state index contributed by atoms with van der Waals surface area (Å²) in [6, 6.07) is 7.70. The van der Waals surface area contributed by atoms with E-state index < -0.39 is 0 Å². The van der Waals surface area contributed by atoms with E-state index in [1.54, 1.807) is 6.20 Å². The van der Waals surface area contributed by atoms with Crippen LogP contribution in [0.5, 0.6) is 0 Å². The zero-order chi connectivity index (χ0) is 11.4. The van der Waals surface area contributed by atoms with Crippen LogP contribution in [0.2, 0.25) is 5.02 Å². The van der Waals surface area contributed by atoms with Gasteiger partial charge in [0.1, 0.15) is 5.82 Å². The van der Waals surface area contributed by atoms with Crippen molar-refractivity contribution in [3.8, 4) is 11.4 Å². The average molecular weight is 236 g/mol. The largest absolute Gasteiger partial charge is 0.331 e. The Kier molecular flexibility index (Phi) is 3.59. The summed E-state index contributed by atoms with van der Waals surface area (Å²) >= 11 is 5.85. The summed E-state index contributed by atoms with van der Waals surface area (Å²) in [4.78, 5) is 4.35. The fraction of sp³-hybridized carbons (Fsp3) is 0.250. The van der Waals surface area contributed by atoms with Crippen LogP contribution in [0, 0.1) is 0 Å². The number of hydrogen-bond acceptors (Lipinski definition) is 2. The molecule has 2 aromatic rings. The van der Waals surface area contributed by atoms with Crippen LogP contribution in [0.15, 0.2) is 36.7 Å². The van der Waals surface area contributed by atoms with E-state index >= 15 is 0 Å². The minimum Gasteiger partial charge on any atom is -0.331 e. The van der Waals surface area contributed by atoms with Crippen molar-refractivity contribution in [2.75, 3.05) is 6.54 Å². The molecule has 0 aliphatic rings. The first-order valence-electron chi connectivity index (χ1n) is 5.28. The summed E-state index contributed by atoms with van der Waals surface area (Å²) in [6.07, 6.45) is 4.73. The van der Waals surface area contributed by atoms with Crippen molar-refractivity contribution in [1.82, 2.24) is 9.55 Å². The number of aryl methyl sites for hydroxylation is 1. The highest BCUT2D eigenvalue weighted by Crippen LogP contribution is 2.20. The Morgan fingerprint density at radius 3 is 2.69 bits per heavy atom. The van der Waals surface area contributed by atoms with Gasteiger partial charge in [-0.05, 0) is 37.2 Å². The number of halogens is 1. The molecule has 84 valence electrons. The lowest BCUT2D eigenvalue weighted by molar-refractivity contribution is 0.656. The summed E-state index contributed by atoms with van der Waals surface area (Å²) < 4.78 is 2.11. The molecule has 4 heteroatoms. The average Bonchev–Trinajstić information content (AvgIpc) is 2.75. The van der Waals surface area contributed by atoms with Gasteiger partial charge in [0, 0.05) is 29.5 Å². The van der Waals surface area contributed by atoms with E-state index in [1.807, 2.05) is 30.5 Å². The van der Waals surface area contributed by atoms with Crippen molar-refractivity contribution >= 4 is 11.6 Å². The lowest BCUT2D eigenvalue weighted by atomic mass is 10.2. The molecule has 0 bridgehead atoms. The van der Waals surface area contributed by atoms with Crippen LogP contribution in [0.25, 0.3) is 11.4 Å². The smallest absolute Gasteiger partial charge is 0.139 e. The van der Waals surface area contributed by atoms with Crippen LogP contribution in [0.1, 0.15) is 6.42 Å². The molecule has 3 nitrogen and oxygen atoms in total. The van der Waals surface area contributed by atoms with E-state index in [-0.39, 0.29) is 0 Å². The van der Waals surface area contributed by atoms with E-state index in [2.05, 4.69) is 9.55 Å². The fourth-order valence-electron chi connectivity index (χ4n) is 1.61. The molecule has 1 heterocycles. The molecule has 0 amide bonds. The minimum atomic E-state index is 0.693. The summed E-state index contributed by atoms with van der Waals surface area (Å²) in [5.41, 5.74) is 6.58. The van der Waals surface area contributed by atoms with Gasteiger partial charge in [-0.3, -0.25) is 0 Å². The maximum Gasteiger partial charge on any atom is 0.139 e. The topological polar surface area (TPSA) is 43.8 Å². The van der Waals surface area contributed by atoms with E-state index in [4.69, 9.17) is 17.3 Å². The van der Waals surface area contributed by atoms with Crippen LogP contribution >= 0.6 is 11.6 Å². The number of nitrogens with two attached hydrogens (primary N) is 1. The SMILES string of the molecule is NCCCn1ccnc1-c1ccc(Cl)cc1. The number of benzene rings is 1. The molecule has 0 radical (unpaired) electrons. The molecule has 1 aromatic heterocycles. The molecule has 1 aromatic carbocycles. The number of rotatable bonds is 4. The van der Waals surface area contributed by atoms with Gasteiger partial charge in [0.25, 0.3) is 0 Å². The number of nitrogens with zero attached hydrogens (tertiary/aromatic N) is 2. The van der Waals surface area contributed by atoms with Gasteiger partial charge >= 0.3 is 0 Å². The first-order valence-corrected chi connectivity index (χ1v) is 5.66. The van der Waals surface area contributed by atoms with Gasteiger partial charge in [-0.25, -0.2) is 4.98 Å². The molecule has 0 unspecified atom stereocenters. The van der Waals surface area contributed by atoms with E-state index in [9.17, 15) is 0 Å². The zero-order valence-electron chi connectivity index (χ0n) is 8.94. The monoisotopic (exact) mass is 235 g/mol. The van der Waals surface area contributed by atoms with Crippen molar-refractivity contribution in [3.05, 3.63) is 41.7 Å². The fourth-order valence-corrected chi connectivity index (χ4v) is 1.74. The quantitative estimate of drug-likeness (QED) is 0.885. The molecular weight excluding hydrogens is 222 g/mol. The van der Waals surface area contributed by atoms with Gasteiger partial charge in [-0.15, -0.1) is 0 Å². The van der Waals surface area contributed by atoms with Gasteiger partial charge in [0.05, 0.1) is 0 Å². The van der Waals surface area contributed by atoms with Gasteiger partial charge in [-0.1, -0.05) is 11.6 Å². The predicted molar refractivity (Wildman–Crippen MR) is 66.3 cm³/mol. The Balaban J connectivity index is 2.26. The summed E-state index contributed by atoms with van der Waals surface area (Å²) in [6.45, 7) is 1.59. The molecule has 0 fully saturated rings. The predicted octanol–water partition coefficient (Wildman–Crippen LogP) is 2.55. The molecule has 16 heavy (non-hydrogen) atoms. The van der Waals surface area contributed by atoms with Crippen molar-refractivity contribution in [1.29, 1.82) is 0 Å². The molecule has 2 rings (SSSR count). The van der Waals surface area contributed by atoms with Crippen LogP contribution in [-0.2, 0) is 6.54 Å². The number of aromatic nitrogens is 2. The number of imidazole rings is 1. The van der Waals surface area contributed by atoms with Crippen molar-refractivity contribution in [2.45, 2.75) is 13.0 Å². The molecule has 0 aliphatic carbocycles. The van der Waals surface area contributed by atoms with E-state index in [1.165, 1.54) is 0 Å². The standard InChI is InChI=1S/C12H14ClN3/c13-11-4-2-10(3-5-11)12-15-7-9-16(12)8-1-6-14/h2-5,7,9H,1,6,8,14H2. The second-order valence-electron chi connectivity index (χ2n) is 3.59. The third-order valence-corrected chi connectivity index (χ3v) is 2.67. The first-order chi connectivity index (χ1) is 7.81. The minimum absolute atomic E-state index is 0.693. The van der Waals surface area contributed by atoms with Crippen molar-refractivity contribution in [3.63, 3.8) is 0 Å². The highest BCUT2D eigenvalue weighted by atomic mass is 35.5. The molecule has 0 aliphatic heterocycles. The normalized spacial score (nSPS) is 10.6. The summed E-state index contributed by atoms with van der Waals surface area (Å²) in [5, 5.41) is 0.740. The number of hydrogen-bond donors (Lipinski definition) is 1. The summed E-state index contributed by atoms with van der Waals surface area (Å²) in [7, 11) is 0. The second-order valence-corrected chi connectivity index (χ2v) is 4.03. The first kappa shape index (κ1) is 11.2. The molecular formula is C12H14ClN3. The third kappa shape index (κ3) is 2.43. The van der Waals surface area contributed by atoms with Crippen LogP contribution in [0.3, 0.4) is 0 Å². The summed E-state index contributed by atoms with van der Waals surface area (Å²) in [5.74, 6) is 0.963. The Hall–Kier alpha value is -1.32. The zero-order valence-corrected chi connectivity index (χ0v) is 9.69. The molecule has 2 N–H and O–H groups in total. The Morgan fingerprint density at radius 1 is 1.25 bits per heavy atom. The van der Waals surface area contributed by atoms with E-state index in [0.29, 0.717) is 6.54 Å². The van der Waals surface area contributed by atoms with Crippen molar-refractivity contribution in [2.24, 2.45) is 5.73 Å². The van der Waals surface area contributed by atoms with Gasteiger partial charge in [-0.2, -0.15) is 0 Å². The highest BCUT2D eigenvalue weighted by Gasteiger charge is 2.04. The van der Waals surface area contributed by atoms with Gasteiger partial charge in [0.2, 0.25) is 0 Å².